The maximum absolute atomic E-state index is 10.0. The first-order valence-electron chi connectivity index (χ1n) is 4.98. The smallest absolute Gasteiger partial charge is 0.120 e. The monoisotopic (exact) mass is 170 g/mol. The van der Waals surface area contributed by atoms with Gasteiger partial charge in [-0.2, -0.15) is 0 Å². The molecule has 0 amide bonds. The fourth-order valence-electron chi connectivity index (χ4n) is 1.65. The van der Waals surface area contributed by atoms with Gasteiger partial charge in [0.05, 0.1) is 6.10 Å². The Morgan fingerprint density at radius 2 is 2.00 bits per heavy atom. The van der Waals surface area contributed by atoms with E-state index in [9.17, 15) is 4.79 Å². The number of unbranched alkanes of at least 4 members (excludes halogenated alkanes) is 1. The predicted molar refractivity (Wildman–Crippen MR) is 48.1 cm³/mol. The molecule has 0 unspecified atom stereocenters. The van der Waals surface area contributed by atoms with Crippen LogP contribution in [-0.4, -0.2) is 19.0 Å². The van der Waals surface area contributed by atoms with Crippen LogP contribution in [0.2, 0.25) is 0 Å². The van der Waals surface area contributed by atoms with E-state index in [0.717, 1.165) is 19.3 Å². The SMILES string of the molecule is O=CCCCOC1CCCCC1. The molecule has 0 aromatic rings. The molecule has 2 heteroatoms. The molecular formula is C10H18O2. The van der Waals surface area contributed by atoms with Crippen molar-refractivity contribution in [3.63, 3.8) is 0 Å². The van der Waals surface area contributed by atoms with E-state index >= 15 is 0 Å². The molecular weight excluding hydrogens is 152 g/mol. The van der Waals surface area contributed by atoms with E-state index in [2.05, 4.69) is 0 Å². The van der Waals surface area contributed by atoms with Crippen LogP contribution >= 0.6 is 0 Å². The minimum Gasteiger partial charge on any atom is -0.378 e. The van der Waals surface area contributed by atoms with Gasteiger partial charge in [0.15, 0.2) is 0 Å². The third-order valence-electron chi connectivity index (χ3n) is 2.37. The van der Waals surface area contributed by atoms with Gasteiger partial charge in [0.2, 0.25) is 0 Å². The van der Waals surface area contributed by atoms with Gasteiger partial charge < -0.3 is 9.53 Å². The molecule has 12 heavy (non-hydrogen) atoms. The minimum absolute atomic E-state index is 0.491. The Kier molecular flexibility index (Phi) is 5.00. The van der Waals surface area contributed by atoms with Crippen molar-refractivity contribution in [3.05, 3.63) is 0 Å². The van der Waals surface area contributed by atoms with Crippen LogP contribution in [0.3, 0.4) is 0 Å². The molecule has 0 aromatic heterocycles. The Morgan fingerprint density at radius 1 is 1.25 bits per heavy atom. The van der Waals surface area contributed by atoms with Gasteiger partial charge in [0.1, 0.15) is 6.29 Å². The zero-order valence-corrected chi connectivity index (χ0v) is 7.63. The highest BCUT2D eigenvalue weighted by Crippen LogP contribution is 2.20. The molecule has 0 heterocycles. The Morgan fingerprint density at radius 3 is 2.67 bits per heavy atom. The number of aldehydes is 1. The van der Waals surface area contributed by atoms with Gasteiger partial charge in [0.25, 0.3) is 0 Å². The van der Waals surface area contributed by atoms with Crippen molar-refractivity contribution in [2.45, 2.75) is 51.0 Å². The van der Waals surface area contributed by atoms with Gasteiger partial charge in [-0.1, -0.05) is 19.3 Å². The molecule has 2 nitrogen and oxygen atoms in total. The first-order valence-corrected chi connectivity index (χ1v) is 4.98. The second-order valence-electron chi connectivity index (χ2n) is 3.44. The van der Waals surface area contributed by atoms with Crippen LogP contribution < -0.4 is 0 Å². The lowest BCUT2D eigenvalue weighted by Crippen LogP contribution is -2.17. The number of carbonyl (C=O) groups excluding carboxylic acids is 1. The van der Waals surface area contributed by atoms with Crippen LogP contribution in [0.5, 0.6) is 0 Å². The van der Waals surface area contributed by atoms with E-state index in [-0.39, 0.29) is 0 Å². The minimum atomic E-state index is 0.491. The molecule has 70 valence electrons. The summed E-state index contributed by atoms with van der Waals surface area (Å²) in [7, 11) is 0. The third kappa shape index (κ3) is 3.86. The highest BCUT2D eigenvalue weighted by atomic mass is 16.5. The topological polar surface area (TPSA) is 26.3 Å². The maximum Gasteiger partial charge on any atom is 0.120 e. The summed E-state index contributed by atoms with van der Waals surface area (Å²) in [6.45, 7) is 0.767. The molecule has 1 fully saturated rings. The standard InChI is InChI=1S/C10H18O2/c11-8-4-5-9-12-10-6-2-1-3-7-10/h8,10H,1-7,9H2. The fourth-order valence-corrected chi connectivity index (χ4v) is 1.65. The molecule has 1 aliphatic carbocycles. The summed E-state index contributed by atoms with van der Waals surface area (Å²) in [4.78, 5) is 10.0. The fraction of sp³-hybridized carbons (Fsp3) is 0.900. The first-order chi connectivity index (χ1) is 5.93. The van der Waals surface area contributed by atoms with E-state index in [4.69, 9.17) is 4.74 Å². The summed E-state index contributed by atoms with van der Waals surface area (Å²) >= 11 is 0. The van der Waals surface area contributed by atoms with Gasteiger partial charge in [0, 0.05) is 13.0 Å². The first kappa shape index (κ1) is 9.72. The van der Waals surface area contributed by atoms with Gasteiger partial charge >= 0.3 is 0 Å². The van der Waals surface area contributed by atoms with E-state index in [1.807, 2.05) is 0 Å². The van der Waals surface area contributed by atoms with Crippen LogP contribution in [0.25, 0.3) is 0 Å². The Bertz CT molecular complexity index is 117. The molecule has 0 aromatic carbocycles. The van der Waals surface area contributed by atoms with Crippen LogP contribution in [0.1, 0.15) is 44.9 Å². The summed E-state index contributed by atoms with van der Waals surface area (Å²) in [5, 5.41) is 0. The molecule has 0 N–H and O–H groups in total. The van der Waals surface area contributed by atoms with Crippen LogP contribution in [0, 0.1) is 0 Å². The van der Waals surface area contributed by atoms with Crippen molar-refractivity contribution in [2.75, 3.05) is 6.61 Å². The molecule has 0 spiro atoms. The second-order valence-corrected chi connectivity index (χ2v) is 3.44. The Hall–Kier alpha value is -0.370. The van der Waals surface area contributed by atoms with Crippen molar-refractivity contribution in [2.24, 2.45) is 0 Å². The van der Waals surface area contributed by atoms with Crippen molar-refractivity contribution < 1.29 is 9.53 Å². The zero-order valence-electron chi connectivity index (χ0n) is 7.63. The van der Waals surface area contributed by atoms with E-state index in [1.54, 1.807) is 0 Å². The molecule has 0 radical (unpaired) electrons. The molecule has 1 saturated carbocycles. The van der Waals surface area contributed by atoms with Gasteiger partial charge in [-0.05, 0) is 19.3 Å². The highest BCUT2D eigenvalue weighted by Gasteiger charge is 2.12. The van der Waals surface area contributed by atoms with Gasteiger partial charge in [-0.15, -0.1) is 0 Å². The molecule has 0 atom stereocenters. The summed E-state index contributed by atoms with van der Waals surface area (Å²) in [5.41, 5.74) is 0. The normalized spacial score (nSPS) is 19.3. The summed E-state index contributed by atoms with van der Waals surface area (Å²) in [6, 6.07) is 0. The molecule has 0 bridgehead atoms. The van der Waals surface area contributed by atoms with E-state index in [0.29, 0.717) is 12.5 Å². The van der Waals surface area contributed by atoms with Crippen molar-refractivity contribution >= 4 is 6.29 Å². The van der Waals surface area contributed by atoms with E-state index < -0.39 is 0 Å². The predicted octanol–water partition coefficient (Wildman–Crippen LogP) is 2.31. The summed E-state index contributed by atoms with van der Waals surface area (Å²) in [6.07, 6.45) is 9.44. The number of rotatable bonds is 5. The number of ether oxygens (including phenoxy) is 1. The Balaban J connectivity index is 1.94. The lowest BCUT2D eigenvalue weighted by molar-refractivity contribution is -0.108. The van der Waals surface area contributed by atoms with Crippen molar-refractivity contribution in [1.82, 2.24) is 0 Å². The average Bonchev–Trinajstić information content (AvgIpc) is 2.14. The van der Waals surface area contributed by atoms with Crippen molar-refractivity contribution in [1.29, 1.82) is 0 Å². The zero-order chi connectivity index (χ0) is 8.65. The maximum atomic E-state index is 10.0. The highest BCUT2D eigenvalue weighted by molar-refractivity contribution is 5.48. The third-order valence-corrected chi connectivity index (χ3v) is 2.37. The summed E-state index contributed by atoms with van der Waals surface area (Å²) in [5.74, 6) is 0. The number of hydrogen-bond donors (Lipinski definition) is 0. The number of carbonyl (C=O) groups is 1. The lowest BCUT2D eigenvalue weighted by atomic mass is 9.98. The van der Waals surface area contributed by atoms with Gasteiger partial charge in [-0.25, -0.2) is 0 Å². The molecule has 1 aliphatic rings. The van der Waals surface area contributed by atoms with Crippen LogP contribution in [0.15, 0.2) is 0 Å². The van der Waals surface area contributed by atoms with Crippen molar-refractivity contribution in [3.8, 4) is 0 Å². The molecule has 0 aliphatic heterocycles. The second kappa shape index (κ2) is 6.18. The summed E-state index contributed by atoms with van der Waals surface area (Å²) < 4.78 is 5.63. The quantitative estimate of drug-likeness (QED) is 0.467. The molecule has 0 saturated heterocycles. The van der Waals surface area contributed by atoms with Crippen LogP contribution in [0.4, 0.5) is 0 Å². The average molecular weight is 170 g/mol. The Labute approximate surface area is 74.3 Å². The molecule has 1 rings (SSSR count). The largest absolute Gasteiger partial charge is 0.378 e. The van der Waals surface area contributed by atoms with Gasteiger partial charge in [-0.3, -0.25) is 0 Å². The number of hydrogen-bond acceptors (Lipinski definition) is 2. The van der Waals surface area contributed by atoms with E-state index in [1.165, 1.54) is 32.1 Å². The van der Waals surface area contributed by atoms with Crippen LogP contribution in [-0.2, 0) is 9.53 Å². The lowest BCUT2D eigenvalue weighted by Gasteiger charge is -2.21.